The fraction of sp³-hybridized carbons (Fsp3) is 0.833. The van der Waals surface area contributed by atoms with E-state index in [1.54, 1.807) is 0 Å². The van der Waals surface area contributed by atoms with Crippen LogP contribution in [-0.4, -0.2) is 70.0 Å². The number of unbranched alkanes of at least 4 members (excludes halogenated alkanes) is 23. The number of hydrogen-bond acceptors (Lipinski definition) is 8. The molecular weight excluding hydrogens is 750 g/mol. The summed E-state index contributed by atoms with van der Waals surface area (Å²) in [5.41, 5.74) is 0. The summed E-state index contributed by atoms with van der Waals surface area (Å²) in [6, 6.07) is 0. The van der Waals surface area contributed by atoms with Crippen molar-refractivity contribution < 1.29 is 42.1 Å². The third-order valence-electron chi connectivity index (χ3n) is 10.1. The molecule has 0 aromatic rings. The zero-order valence-electron chi connectivity index (χ0n) is 38.2. The Hall–Kier alpha value is -1.77. The van der Waals surface area contributed by atoms with Gasteiger partial charge >= 0.3 is 11.9 Å². The monoisotopic (exact) mass is 840 g/mol. The maximum Gasteiger partial charge on any atom is 0.306 e. The van der Waals surface area contributed by atoms with E-state index in [9.17, 15) is 19.0 Å². The standard InChI is InChI=1S/C48H90NO8P/c1-6-8-10-12-14-16-18-19-20-21-22-23-24-25-26-27-28-29-31-33-35-37-39-41-48(51)57-46(45-56-58(52,53)55-43-42-49(3,4)5)44-54-47(50)40-38-36-34-32-30-17-15-13-11-9-7-2/h13,15,27-28,33,35,46H,6-12,14,16-26,29-32,34,36-45H2,1-5H3/b15-13+,28-27+,35-33+/t46-/m1/s1. The van der Waals surface area contributed by atoms with Gasteiger partial charge in [-0.25, -0.2) is 0 Å². The topological polar surface area (TPSA) is 111 Å². The normalized spacial score (nSPS) is 13.8. The van der Waals surface area contributed by atoms with Crippen molar-refractivity contribution in [3.05, 3.63) is 36.5 Å². The van der Waals surface area contributed by atoms with Gasteiger partial charge in [-0.2, -0.15) is 0 Å². The van der Waals surface area contributed by atoms with Crippen LogP contribution in [0.5, 0.6) is 0 Å². The number of esters is 2. The Kier molecular flexibility index (Phi) is 39.4. The maximum atomic E-state index is 12.7. The molecule has 0 amide bonds. The third kappa shape index (κ3) is 43.8. The molecule has 0 N–H and O–H groups in total. The van der Waals surface area contributed by atoms with Crippen LogP contribution in [-0.2, 0) is 32.7 Å². The third-order valence-corrected chi connectivity index (χ3v) is 11.1. The van der Waals surface area contributed by atoms with Crippen LogP contribution >= 0.6 is 7.82 Å². The van der Waals surface area contributed by atoms with Gasteiger partial charge in [-0.15, -0.1) is 0 Å². The molecule has 0 aromatic carbocycles. The van der Waals surface area contributed by atoms with Gasteiger partial charge in [-0.1, -0.05) is 166 Å². The van der Waals surface area contributed by atoms with Crippen molar-refractivity contribution in [1.82, 2.24) is 0 Å². The van der Waals surface area contributed by atoms with E-state index in [1.807, 2.05) is 21.1 Å². The fourth-order valence-electron chi connectivity index (χ4n) is 6.36. The summed E-state index contributed by atoms with van der Waals surface area (Å²) in [5, 5.41) is 0. The van der Waals surface area contributed by atoms with Crippen LogP contribution in [0.1, 0.15) is 206 Å². The first-order chi connectivity index (χ1) is 28.0. The van der Waals surface area contributed by atoms with Crippen LogP contribution in [0, 0.1) is 0 Å². The molecule has 10 heteroatoms. The first-order valence-corrected chi connectivity index (χ1v) is 25.2. The Morgan fingerprint density at radius 3 is 1.43 bits per heavy atom. The summed E-state index contributed by atoms with van der Waals surface area (Å²) in [5.74, 6) is -0.893. The maximum absolute atomic E-state index is 12.7. The Morgan fingerprint density at radius 1 is 0.517 bits per heavy atom. The lowest BCUT2D eigenvalue weighted by molar-refractivity contribution is -0.870. The van der Waals surface area contributed by atoms with E-state index in [0.29, 0.717) is 23.9 Å². The SMILES string of the molecule is CCCC/C=C/CCCCCCCC(=O)OC[C@H](COP(=O)([O-])OCC[N+](C)(C)C)OC(=O)CCC/C=C/CC/C=C/CCCCCCCCCCCCCCCC. The van der Waals surface area contributed by atoms with Crippen molar-refractivity contribution in [3.63, 3.8) is 0 Å². The summed E-state index contributed by atoms with van der Waals surface area (Å²) in [6.07, 6.45) is 46.3. The number of likely N-dealkylation sites (N-methyl/N-ethyl adjacent to an activating group) is 1. The van der Waals surface area contributed by atoms with Crippen LogP contribution in [0.3, 0.4) is 0 Å². The van der Waals surface area contributed by atoms with Gasteiger partial charge < -0.3 is 27.9 Å². The minimum Gasteiger partial charge on any atom is -0.756 e. The second-order valence-corrected chi connectivity index (χ2v) is 18.5. The van der Waals surface area contributed by atoms with Gasteiger partial charge in [0.15, 0.2) is 6.10 Å². The van der Waals surface area contributed by atoms with Crippen LogP contribution in [0.25, 0.3) is 0 Å². The number of quaternary nitrogens is 1. The molecule has 0 saturated heterocycles. The van der Waals surface area contributed by atoms with E-state index in [4.69, 9.17) is 18.5 Å². The highest BCUT2D eigenvalue weighted by molar-refractivity contribution is 7.45. The molecule has 340 valence electrons. The van der Waals surface area contributed by atoms with Crippen LogP contribution < -0.4 is 4.89 Å². The number of rotatable bonds is 43. The number of phosphoric acid groups is 1. The summed E-state index contributed by atoms with van der Waals surface area (Å²) < 4.78 is 33.8. The van der Waals surface area contributed by atoms with E-state index in [0.717, 1.165) is 64.2 Å². The largest absolute Gasteiger partial charge is 0.756 e. The lowest BCUT2D eigenvalue weighted by atomic mass is 10.0. The molecule has 0 aliphatic rings. The Bertz CT molecular complexity index is 1090. The second kappa shape index (κ2) is 40.6. The van der Waals surface area contributed by atoms with E-state index in [-0.39, 0.29) is 26.1 Å². The number of carbonyl (C=O) groups is 2. The average Bonchev–Trinajstić information content (AvgIpc) is 3.17. The molecule has 0 spiro atoms. The molecule has 9 nitrogen and oxygen atoms in total. The summed E-state index contributed by atoms with van der Waals surface area (Å²) in [6.45, 7) is 4.15. The molecule has 0 bridgehead atoms. The molecular formula is C48H90NO8P. The Labute approximate surface area is 357 Å². The summed E-state index contributed by atoms with van der Waals surface area (Å²) >= 11 is 0. The van der Waals surface area contributed by atoms with Crippen molar-refractivity contribution in [2.24, 2.45) is 0 Å². The smallest absolute Gasteiger partial charge is 0.306 e. The summed E-state index contributed by atoms with van der Waals surface area (Å²) in [7, 11) is 1.14. The Morgan fingerprint density at radius 2 is 0.931 bits per heavy atom. The highest BCUT2D eigenvalue weighted by Crippen LogP contribution is 2.38. The first kappa shape index (κ1) is 56.2. The zero-order chi connectivity index (χ0) is 42.8. The minimum atomic E-state index is -4.64. The molecule has 58 heavy (non-hydrogen) atoms. The van der Waals surface area contributed by atoms with Crippen molar-refractivity contribution >= 4 is 19.8 Å². The second-order valence-electron chi connectivity index (χ2n) is 17.1. The predicted molar refractivity (Wildman–Crippen MR) is 241 cm³/mol. The highest BCUT2D eigenvalue weighted by Gasteiger charge is 2.21. The number of nitrogens with zero attached hydrogens (tertiary/aromatic N) is 1. The number of hydrogen-bond donors (Lipinski definition) is 0. The molecule has 0 heterocycles. The van der Waals surface area contributed by atoms with Gasteiger partial charge in [0.1, 0.15) is 19.8 Å². The van der Waals surface area contributed by atoms with E-state index in [1.165, 1.54) is 103 Å². The quantitative estimate of drug-likeness (QED) is 0.0196. The van der Waals surface area contributed by atoms with Crippen LogP contribution in [0.15, 0.2) is 36.5 Å². The number of allylic oxidation sites excluding steroid dienone is 6. The lowest BCUT2D eigenvalue weighted by Crippen LogP contribution is -2.37. The molecule has 0 fully saturated rings. The predicted octanol–water partition coefficient (Wildman–Crippen LogP) is 13.1. The van der Waals surface area contributed by atoms with Crippen LogP contribution in [0.4, 0.5) is 0 Å². The van der Waals surface area contributed by atoms with Crippen molar-refractivity contribution in [2.45, 2.75) is 213 Å². The molecule has 0 aromatic heterocycles. The van der Waals surface area contributed by atoms with E-state index >= 15 is 0 Å². The van der Waals surface area contributed by atoms with Gasteiger partial charge in [0.05, 0.1) is 27.7 Å². The molecule has 0 aliphatic heterocycles. The van der Waals surface area contributed by atoms with Gasteiger partial charge in [-0.05, 0) is 64.2 Å². The lowest BCUT2D eigenvalue weighted by Gasteiger charge is -2.28. The minimum absolute atomic E-state index is 0.0390. The van der Waals surface area contributed by atoms with Crippen molar-refractivity contribution in [2.75, 3.05) is 47.5 Å². The number of ether oxygens (including phenoxy) is 2. The average molecular weight is 840 g/mol. The van der Waals surface area contributed by atoms with Gasteiger partial charge in [-0.3, -0.25) is 14.2 Å². The molecule has 1 unspecified atom stereocenters. The molecule has 0 aliphatic carbocycles. The zero-order valence-corrected chi connectivity index (χ0v) is 39.1. The summed E-state index contributed by atoms with van der Waals surface area (Å²) in [4.78, 5) is 37.5. The molecule has 0 radical (unpaired) electrons. The van der Waals surface area contributed by atoms with Crippen LogP contribution in [0.2, 0.25) is 0 Å². The fourth-order valence-corrected chi connectivity index (χ4v) is 7.09. The van der Waals surface area contributed by atoms with Gasteiger partial charge in [0.25, 0.3) is 7.82 Å². The first-order valence-electron chi connectivity index (χ1n) is 23.7. The molecule has 2 atom stereocenters. The van der Waals surface area contributed by atoms with Crippen molar-refractivity contribution in [1.29, 1.82) is 0 Å². The molecule has 0 saturated carbocycles. The highest BCUT2D eigenvalue weighted by atomic mass is 31.2. The number of carbonyl (C=O) groups excluding carboxylic acids is 2. The van der Waals surface area contributed by atoms with Gasteiger partial charge in [0.2, 0.25) is 0 Å². The Balaban J connectivity index is 4.29. The van der Waals surface area contributed by atoms with Gasteiger partial charge in [0, 0.05) is 12.8 Å². The van der Waals surface area contributed by atoms with Crippen molar-refractivity contribution in [3.8, 4) is 0 Å². The number of phosphoric ester groups is 1. The molecule has 0 rings (SSSR count). The van der Waals surface area contributed by atoms with E-state index < -0.39 is 32.5 Å². The van der Waals surface area contributed by atoms with E-state index in [2.05, 4.69) is 50.3 Å².